The van der Waals surface area contributed by atoms with E-state index in [-0.39, 0.29) is 11.7 Å². The van der Waals surface area contributed by atoms with Crippen molar-refractivity contribution >= 4 is 17.2 Å². The van der Waals surface area contributed by atoms with Crippen LogP contribution in [0.2, 0.25) is 0 Å². The predicted molar refractivity (Wildman–Crippen MR) is 121 cm³/mol. The van der Waals surface area contributed by atoms with Gasteiger partial charge in [-0.1, -0.05) is 18.6 Å². The third-order valence-electron chi connectivity index (χ3n) is 7.35. The third-order valence-corrected chi connectivity index (χ3v) is 8.62. The molecule has 160 valence electrons. The summed E-state index contributed by atoms with van der Waals surface area (Å²) in [6.07, 6.45) is 8.35. The number of carbonyl (C=O) groups excluding carboxylic acids is 1. The first-order valence-corrected chi connectivity index (χ1v) is 12.4. The molecule has 0 spiro atoms. The first-order chi connectivity index (χ1) is 14.6. The Morgan fingerprint density at radius 2 is 1.73 bits per heavy atom. The second kappa shape index (κ2) is 8.43. The minimum Gasteiger partial charge on any atom is -0.338 e. The molecule has 3 aliphatic rings. The SMILES string of the molecule is Cc1cc(-c2ccc(C3CCN(C4CCC4)CC3)c(F)c2)sc1C(=O)N1CCCC1. The molecule has 2 aliphatic heterocycles. The molecular formula is C25H31FN2OS. The summed E-state index contributed by atoms with van der Waals surface area (Å²) in [6.45, 7) is 5.90. The number of hydrogen-bond acceptors (Lipinski definition) is 3. The monoisotopic (exact) mass is 426 g/mol. The molecule has 3 nitrogen and oxygen atoms in total. The molecule has 3 fully saturated rings. The van der Waals surface area contributed by atoms with E-state index in [1.165, 1.54) is 30.6 Å². The molecule has 1 aliphatic carbocycles. The molecule has 2 saturated heterocycles. The molecule has 30 heavy (non-hydrogen) atoms. The highest BCUT2D eigenvalue weighted by Crippen LogP contribution is 2.37. The van der Waals surface area contributed by atoms with Crippen molar-refractivity contribution in [3.05, 3.63) is 46.1 Å². The van der Waals surface area contributed by atoms with Crippen molar-refractivity contribution in [2.75, 3.05) is 26.2 Å². The fraction of sp³-hybridized carbons (Fsp3) is 0.560. The second-order valence-electron chi connectivity index (χ2n) is 9.25. The number of nitrogens with zero attached hydrogens (tertiary/aromatic N) is 2. The maximum Gasteiger partial charge on any atom is 0.264 e. The zero-order valence-corrected chi connectivity index (χ0v) is 18.6. The van der Waals surface area contributed by atoms with Gasteiger partial charge in [-0.2, -0.15) is 0 Å². The molecule has 1 amide bonds. The number of halogens is 1. The minimum atomic E-state index is -0.0898. The molecular weight excluding hydrogens is 395 g/mol. The standard InChI is InChI=1S/C25H31FN2OS/c1-17-15-23(30-24(17)25(29)28-11-2-3-12-28)19-7-8-21(22(26)16-19)18-9-13-27(14-10-18)20-5-4-6-20/h7-8,15-16,18,20H,2-6,9-14H2,1H3. The van der Waals surface area contributed by atoms with Crippen LogP contribution in [-0.4, -0.2) is 47.9 Å². The lowest BCUT2D eigenvalue weighted by atomic mass is 9.85. The second-order valence-corrected chi connectivity index (χ2v) is 10.3. The van der Waals surface area contributed by atoms with Crippen LogP contribution in [0.15, 0.2) is 24.3 Å². The molecule has 1 aromatic carbocycles. The average Bonchev–Trinajstić information content (AvgIpc) is 3.37. The van der Waals surface area contributed by atoms with Crippen LogP contribution in [-0.2, 0) is 0 Å². The summed E-state index contributed by atoms with van der Waals surface area (Å²) in [6, 6.07) is 8.55. The number of carbonyl (C=O) groups is 1. The highest BCUT2D eigenvalue weighted by molar-refractivity contribution is 7.17. The maximum absolute atomic E-state index is 15.1. The van der Waals surface area contributed by atoms with Gasteiger partial charge in [0.05, 0.1) is 4.88 Å². The Bertz CT molecular complexity index is 921. The van der Waals surface area contributed by atoms with Crippen LogP contribution in [0.25, 0.3) is 10.4 Å². The van der Waals surface area contributed by atoms with Crippen molar-refractivity contribution in [1.82, 2.24) is 9.80 Å². The van der Waals surface area contributed by atoms with E-state index < -0.39 is 0 Å². The van der Waals surface area contributed by atoms with Crippen molar-refractivity contribution in [2.24, 2.45) is 0 Å². The third kappa shape index (κ3) is 3.82. The number of aryl methyl sites for hydroxylation is 1. The Hall–Kier alpha value is -1.72. The van der Waals surface area contributed by atoms with E-state index in [0.717, 1.165) is 84.3 Å². The summed E-state index contributed by atoms with van der Waals surface area (Å²) in [5.41, 5.74) is 2.75. The Labute approximate surface area is 182 Å². The van der Waals surface area contributed by atoms with Gasteiger partial charge in [0.15, 0.2) is 0 Å². The van der Waals surface area contributed by atoms with Crippen molar-refractivity contribution in [1.29, 1.82) is 0 Å². The summed E-state index contributed by atoms with van der Waals surface area (Å²) >= 11 is 1.51. The summed E-state index contributed by atoms with van der Waals surface area (Å²) in [7, 11) is 0. The smallest absolute Gasteiger partial charge is 0.264 e. The molecule has 0 radical (unpaired) electrons. The topological polar surface area (TPSA) is 23.6 Å². The number of rotatable bonds is 4. The quantitative estimate of drug-likeness (QED) is 0.614. The molecule has 1 aromatic heterocycles. The van der Waals surface area contributed by atoms with Gasteiger partial charge >= 0.3 is 0 Å². The number of piperidine rings is 1. The lowest BCUT2D eigenvalue weighted by Gasteiger charge is -2.42. The molecule has 5 heteroatoms. The van der Waals surface area contributed by atoms with Gasteiger partial charge in [0, 0.05) is 24.0 Å². The zero-order valence-electron chi connectivity index (χ0n) is 17.8. The Balaban J connectivity index is 1.30. The maximum atomic E-state index is 15.1. The highest BCUT2D eigenvalue weighted by atomic mass is 32.1. The van der Waals surface area contributed by atoms with Crippen molar-refractivity contribution in [3.8, 4) is 10.4 Å². The van der Waals surface area contributed by atoms with Crippen molar-refractivity contribution in [2.45, 2.75) is 63.8 Å². The van der Waals surface area contributed by atoms with Gasteiger partial charge in [-0.05, 0) is 93.3 Å². The number of thiophene rings is 1. The normalized spacial score (nSPS) is 21.2. The van der Waals surface area contributed by atoms with Crippen LogP contribution in [0.5, 0.6) is 0 Å². The lowest BCUT2D eigenvalue weighted by Crippen LogP contribution is -2.44. The van der Waals surface area contributed by atoms with Crippen LogP contribution in [0.4, 0.5) is 4.39 Å². The molecule has 5 rings (SSSR count). The lowest BCUT2D eigenvalue weighted by molar-refractivity contribution is 0.0797. The van der Waals surface area contributed by atoms with Crippen LogP contribution >= 0.6 is 11.3 Å². The van der Waals surface area contributed by atoms with Crippen molar-refractivity contribution in [3.63, 3.8) is 0 Å². The number of hydrogen-bond donors (Lipinski definition) is 0. The molecule has 0 unspecified atom stereocenters. The Morgan fingerprint density at radius 1 is 1.00 bits per heavy atom. The molecule has 0 atom stereocenters. The van der Waals surface area contributed by atoms with Gasteiger partial charge in [-0.25, -0.2) is 4.39 Å². The Morgan fingerprint density at radius 3 is 2.37 bits per heavy atom. The van der Waals surface area contributed by atoms with Gasteiger partial charge in [-0.3, -0.25) is 4.79 Å². The summed E-state index contributed by atoms with van der Waals surface area (Å²) in [4.78, 5) is 19.1. The van der Waals surface area contributed by atoms with Gasteiger partial charge in [-0.15, -0.1) is 11.3 Å². The van der Waals surface area contributed by atoms with Gasteiger partial charge in [0.25, 0.3) is 5.91 Å². The number of benzene rings is 1. The highest BCUT2D eigenvalue weighted by Gasteiger charge is 2.30. The summed E-state index contributed by atoms with van der Waals surface area (Å²) in [5, 5.41) is 0. The molecule has 2 aromatic rings. The first kappa shape index (κ1) is 20.2. The molecule has 0 bridgehead atoms. The predicted octanol–water partition coefficient (Wildman–Crippen LogP) is 5.83. The molecule has 1 saturated carbocycles. The van der Waals surface area contributed by atoms with E-state index >= 15 is 4.39 Å². The summed E-state index contributed by atoms with van der Waals surface area (Å²) in [5.74, 6) is 0.373. The van der Waals surface area contributed by atoms with Crippen LogP contribution in [0.3, 0.4) is 0 Å². The van der Waals surface area contributed by atoms with Crippen LogP contribution < -0.4 is 0 Å². The van der Waals surface area contributed by atoms with Crippen LogP contribution in [0, 0.1) is 12.7 Å². The number of amides is 1. The van der Waals surface area contributed by atoms with Gasteiger partial charge in [0.1, 0.15) is 5.82 Å². The van der Waals surface area contributed by atoms with Crippen LogP contribution in [0.1, 0.15) is 71.7 Å². The fourth-order valence-corrected chi connectivity index (χ4v) is 6.38. The molecule has 3 heterocycles. The Kier molecular flexibility index (Phi) is 5.67. The van der Waals surface area contributed by atoms with Gasteiger partial charge < -0.3 is 9.80 Å². The van der Waals surface area contributed by atoms with E-state index in [9.17, 15) is 4.79 Å². The first-order valence-electron chi connectivity index (χ1n) is 11.5. The molecule has 0 N–H and O–H groups in total. The number of likely N-dealkylation sites (tertiary alicyclic amines) is 2. The largest absolute Gasteiger partial charge is 0.338 e. The van der Waals surface area contributed by atoms with E-state index in [0.29, 0.717) is 5.92 Å². The fourth-order valence-electron chi connectivity index (χ4n) is 5.24. The van der Waals surface area contributed by atoms with E-state index in [1.807, 2.05) is 30.0 Å². The van der Waals surface area contributed by atoms with Crippen molar-refractivity contribution < 1.29 is 9.18 Å². The average molecular weight is 427 g/mol. The van der Waals surface area contributed by atoms with E-state index in [1.54, 1.807) is 6.07 Å². The minimum absolute atomic E-state index is 0.0898. The zero-order chi connectivity index (χ0) is 20.7. The summed E-state index contributed by atoms with van der Waals surface area (Å²) < 4.78 is 15.1. The van der Waals surface area contributed by atoms with E-state index in [4.69, 9.17) is 0 Å². The van der Waals surface area contributed by atoms with E-state index in [2.05, 4.69) is 4.90 Å². The van der Waals surface area contributed by atoms with Gasteiger partial charge in [0.2, 0.25) is 0 Å².